The molecule has 4 rings (SSSR count). The number of piperidine rings is 2. The Morgan fingerprint density at radius 1 is 1.13 bits per heavy atom. The number of rotatable bonds is 8. The molecule has 0 saturated carbocycles. The third kappa shape index (κ3) is 6.68. The first-order valence-electron chi connectivity index (χ1n) is 13.1. The van der Waals surface area contributed by atoms with Crippen LogP contribution < -0.4 is 21.1 Å². The molecule has 0 radical (unpaired) electrons. The number of nitrogens with zero attached hydrogens (tertiary/aromatic N) is 4. The van der Waals surface area contributed by atoms with E-state index in [0.29, 0.717) is 31.6 Å². The van der Waals surface area contributed by atoms with Crippen LogP contribution in [0.25, 0.3) is 0 Å². The molecule has 2 aliphatic rings. The summed E-state index contributed by atoms with van der Waals surface area (Å²) >= 11 is 0. The molecule has 3 heterocycles. The van der Waals surface area contributed by atoms with Gasteiger partial charge in [-0.15, -0.1) is 0 Å². The Bertz CT molecular complexity index is 1130. The molecule has 0 bridgehead atoms. The number of aromatic nitrogens is 2. The minimum absolute atomic E-state index is 0.0324. The Hall–Kier alpha value is -3.05. The molecule has 0 spiro atoms. The lowest BCUT2D eigenvalue weighted by Gasteiger charge is -2.53. The molecule has 1 aromatic carbocycles. The molecule has 2 saturated heterocycles. The van der Waals surface area contributed by atoms with Gasteiger partial charge in [0, 0.05) is 42.0 Å². The molecule has 208 valence electrons. The van der Waals surface area contributed by atoms with E-state index in [1.807, 2.05) is 4.90 Å². The molecule has 0 atom stereocenters. The van der Waals surface area contributed by atoms with Gasteiger partial charge in [0.25, 0.3) is 0 Å². The third-order valence-electron chi connectivity index (χ3n) is 7.79. The third-order valence-corrected chi connectivity index (χ3v) is 7.79. The number of primary amides is 1. The van der Waals surface area contributed by atoms with Gasteiger partial charge in [-0.1, -0.05) is 0 Å². The van der Waals surface area contributed by atoms with Crippen LogP contribution in [0.4, 0.5) is 26.2 Å². The number of anilines is 3. The van der Waals surface area contributed by atoms with E-state index in [-0.39, 0.29) is 53.2 Å². The highest BCUT2D eigenvalue weighted by molar-refractivity contribution is 5.75. The molecule has 4 N–H and O–H groups in total. The first-order valence-corrected chi connectivity index (χ1v) is 13.1. The standard InChI is InChI=1S/C27H39F2N7O2/c1-26(2)13-18(14-27(3,4)35(26)5)32-24-21(29)15-31-25(34-24)33-17-6-7-22(20(28)12-17)38-19-8-10-36(11-9-19)16-23(30)37/h6-7,12,15,18-19H,8-11,13-14,16H2,1-5H3,(H2,30,37)(H2,31,32,33,34). The maximum atomic E-state index is 14.8. The van der Waals surface area contributed by atoms with Crippen LogP contribution in [0.1, 0.15) is 53.4 Å². The highest BCUT2D eigenvalue weighted by atomic mass is 19.1. The molecule has 9 nitrogen and oxygen atoms in total. The van der Waals surface area contributed by atoms with E-state index < -0.39 is 11.6 Å². The van der Waals surface area contributed by atoms with Crippen molar-refractivity contribution in [2.75, 3.05) is 37.3 Å². The smallest absolute Gasteiger partial charge is 0.231 e. The second-order valence-electron chi connectivity index (χ2n) is 11.7. The molecule has 0 aliphatic carbocycles. The van der Waals surface area contributed by atoms with E-state index in [0.717, 1.165) is 19.0 Å². The topological polar surface area (TPSA) is 109 Å². The van der Waals surface area contributed by atoms with Gasteiger partial charge in [0.15, 0.2) is 23.2 Å². The lowest BCUT2D eigenvalue weighted by Crippen LogP contribution is -2.61. The van der Waals surface area contributed by atoms with E-state index in [1.54, 1.807) is 12.1 Å². The van der Waals surface area contributed by atoms with Crippen molar-refractivity contribution in [3.8, 4) is 5.75 Å². The second kappa shape index (κ2) is 11.0. The number of likely N-dealkylation sites (tertiary alicyclic amines) is 2. The van der Waals surface area contributed by atoms with Crippen molar-refractivity contribution < 1.29 is 18.3 Å². The van der Waals surface area contributed by atoms with Gasteiger partial charge < -0.3 is 21.1 Å². The predicted octanol–water partition coefficient (Wildman–Crippen LogP) is 3.89. The van der Waals surface area contributed by atoms with Gasteiger partial charge in [0.2, 0.25) is 11.9 Å². The van der Waals surface area contributed by atoms with Crippen molar-refractivity contribution in [1.29, 1.82) is 0 Å². The maximum absolute atomic E-state index is 14.8. The van der Waals surface area contributed by atoms with E-state index in [9.17, 15) is 13.6 Å². The molecule has 0 unspecified atom stereocenters. The fraction of sp³-hybridized carbons (Fsp3) is 0.593. The molecule has 1 amide bonds. The van der Waals surface area contributed by atoms with Crippen LogP contribution in [0.5, 0.6) is 5.75 Å². The Balaban J connectivity index is 1.38. The van der Waals surface area contributed by atoms with Crippen LogP contribution in [0.15, 0.2) is 24.4 Å². The van der Waals surface area contributed by atoms with Gasteiger partial charge in [-0.2, -0.15) is 4.98 Å². The van der Waals surface area contributed by atoms with Crippen molar-refractivity contribution in [3.63, 3.8) is 0 Å². The van der Waals surface area contributed by atoms with Crippen LogP contribution in [0.3, 0.4) is 0 Å². The van der Waals surface area contributed by atoms with Crippen molar-refractivity contribution in [1.82, 2.24) is 19.8 Å². The number of carbonyl (C=O) groups is 1. The van der Waals surface area contributed by atoms with E-state index >= 15 is 0 Å². The first-order chi connectivity index (χ1) is 17.8. The average Bonchev–Trinajstić information content (AvgIpc) is 2.82. The molecular formula is C27H39F2N7O2. The zero-order valence-corrected chi connectivity index (χ0v) is 22.9. The molecule has 1 aromatic heterocycles. The summed E-state index contributed by atoms with van der Waals surface area (Å²) in [4.78, 5) is 23.8. The maximum Gasteiger partial charge on any atom is 0.231 e. The molecule has 38 heavy (non-hydrogen) atoms. The number of benzene rings is 1. The highest BCUT2D eigenvalue weighted by Gasteiger charge is 2.43. The van der Waals surface area contributed by atoms with Gasteiger partial charge in [0.1, 0.15) is 6.10 Å². The number of halogens is 2. The first kappa shape index (κ1) is 28.0. The summed E-state index contributed by atoms with van der Waals surface area (Å²) in [5, 5.41) is 6.23. The fourth-order valence-corrected chi connectivity index (χ4v) is 5.58. The van der Waals surface area contributed by atoms with Gasteiger partial charge in [-0.05, 0) is 72.6 Å². The normalized spacial score (nSPS) is 20.7. The van der Waals surface area contributed by atoms with Gasteiger partial charge in [-0.3, -0.25) is 14.6 Å². The fourth-order valence-electron chi connectivity index (χ4n) is 5.58. The minimum atomic E-state index is -0.540. The molecular weight excluding hydrogens is 492 g/mol. The van der Waals surface area contributed by atoms with Gasteiger partial charge in [0.05, 0.1) is 12.7 Å². The summed E-state index contributed by atoms with van der Waals surface area (Å²) in [6, 6.07) is 4.56. The monoisotopic (exact) mass is 531 g/mol. The SMILES string of the molecule is CN1C(C)(C)CC(Nc2nc(Nc3ccc(OC4CCN(CC(N)=O)CC4)c(F)c3)ncc2F)CC1(C)C. The molecule has 2 fully saturated rings. The molecule has 11 heteroatoms. The zero-order valence-electron chi connectivity index (χ0n) is 22.9. The Morgan fingerprint density at radius 3 is 2.39 bits per heavy atom. The quantitative estimate of drug-likeness (QED) is 0.471. The number of amides is 1. The summed E-state index contributed by atoms with van der Waals surface area (Å²) < 4.78 is 35.3. The Kier molecular flexibility index (Phi) is 8.08. The summed E-state index contributed by atoms with van der Waals surface area (Å²) in [7, 11) is 2.12. The Morgan fingerprint density at radius 2 is 1.79 bits per heavy atom. The van der Waals surface area contributed by atoms with Crippen molar-refractivity contribution in [2.24, 2.45) is 5.73 Å². The van der Waals surface area contributed by atoms with Gasteiger partial charge in [-0.25, -0.2) is 13.8 Å². The Labute approximate surface area is 223 Å². The number of hydrogen-bond acceptors (Lipinski definition) is 8. The van der Waals surface area contributed by atoms with Crippen molar-refractivity contribution in [2.45, 2.75) is 76.6 Å². The van der Waals surface area contributed by atoms with Crippen LogP contribution in [-0.4, -0.2) is 75.6 Å². The highest BCUT2D eigenvalue weighted by Crippen LogP contribution is 2.38. The van der Waals surface area contributed by atoms with E-state index in [1.165, 1.54) is 6.07 Å². The van der Waals surface area contributed by atoms with Crippen LogP contribution in [0, 0.1) is 11.6 Å². The lowest BCUT2D eigenvalue weighted by atomic mass is 9.77. The summed E-state index contributed by atoms with van der Waals surface area (Å²) in [5.41, 5.74) is 5.55. The van der Waals surface area contributed by atoms with E-state index in [4.69, 9.17) is 10.5 Å². The number of hydrogen-bond donors (Lipinski definition) is 3. The van der Waals surface area contributed by atoms with Gasteiger partial charge >= 0.3 is 0 Å². The summed E-state index contributed by atoms with van der Waals surface area (Å²) in [5.74, 6) is -0.991. The lowest BCUT2D eigenvalue weighted by molar-refractivity contribution is -0.119. The minimum Gasteiger partial charge on any atom is -0.487 e. The zero-order chi connectivity index (χ0) is 27.7. The second-order valence-corrected chi connectivity index (χ2v) is 11.7. The van der Waals surface area contributed by atoms with Crippen molar-refractivity contribution in [3.05, 3.63) is 36.0 Å². The predicted molar refractivity (Wildman–Crippen MR) is 144 cm³/mol. The van der Waals surface area contributed by atoms with Crippen LogP contribution in [0.2, 0.25) is 0 Å². The van der Waals surface area contributed by atoms with Crippen molar-refractivity contribution >= 4 is 23.4 Å². The molecule has 2 aliphatic heterocycles. The summed E-state index contributed by atoms with van der Waals surface area (Å²) in [6.45, 7) is 10.3. The molecule has 2 aromatic rings. The number of carbonyl (C=O) groups excluding carboxylic acids is 1. The number of ether oxygens (including phenoxy) is 1. The average molecular weight is 532 g/mol. The van der Waals surface area contributed by atoms with Crippen LogP contribution in [-0.2, 0) is 4.79 Å². The largest absolute Gasteiger partial charge is 0.487 e. The van der Waals surface area contributed by atoms with Crippen LogP contribution >= 0.6 is 0 Å². The van der Waals surface area contributed by atoms with E-state index in [2.05, 4.69) is 60.2 Å². The number of nitrogens with one attached hydrogen (secondary N) is 2. The summed E-state index contributed by atoms with van der Waals surface area (Å²) in [6.07, 6.45) is 3.98. The number of nitrogens with two attached hydrogens (primary N) is 1.